The van der Waals surface area contributed by atoms with E-state index in [-0.39, 0.29) is 11.9 Å². The molecule has 78 valence electrons. The predicted molar refractivity (Wildman–Crippen MR) is 51.6 cm³/mol. The van der Waals surface area contributed by atoms with Crippen LogP contribution >= 0.6 is 0 Å². The van der Waals surface area contributed by atoms with Crippen molar-refractivity contribution in [3.63, 3.8) is 0 Å². The summed E-state index contributed by atoms with van der Waals surface area (Å²) in [7, 11) is 1.39. The molecular formula is C10H15NO3. The van der Waals surface area contributed by atoms with Gasteiger partial charge in [0.05, 0.1) is 25.8 Å². The van der Waals surface area contributed by atoms with Crippen molar-refractivity contribution >= 4 is 5.97 Å². The molecule has 4 nitrogen and oxygen atoms in total. The Balaban J connectivity index is 2.18. The Labute approximate surface area is 83.2 Å². The second-order valence-corrected chi connectivity index (χ2v) is 3.13. The molecule has 0 amide bonds. The van der Waals surface area contributed by atoms with Crippen molar-refractivity contribution in [1.82, 2.24) is 5.32 Å². The van der Waals surface area contributed by atoms with Crippen LogP contribution in [0.5, 0.6) is 0 Å². The van der Waals surface area contributed by atoms with Gasteiger partial charge in [-0.15, -0.1) is 0 Å². The Hall–Kier alpha value is -1.29. The van der Waals surface area contributed by atoms with Gasteiger partial charge in [0, 0.05) is 6.54 Å². The molecule has 4 heteroatoms. The van der Waals surface area contributed by atoms with Crippen molar-refractivity contribution in [1.29, 1.82) is 0 Å². The van der Waals surface area contributed by atoms with Crippen LogP contribution in [0.2, 0.25) is 0 Å². The topological polar surface area (TPSA) is 51.5 Å². The van der Waals surface area contributed by atoms with Crippen molar-refractivity contribution in [2.45, 2.75) is 13.5 Å². The van der Waals surface area contributed by atoms with Crippen molar-refractivity contribution < 1.29 is 13.9 Å². The minimum absolute atomic E-state index is 0.130. The molecule has 0 aliphatic heterocycles. The number of hydrogen-bond acceptors (Lipinski definition) is 4. The van der Waals surface area contributed by atoms with Crippen LogP contribution in [0.1, 0.15) is 12.7 Å². The van der Waals surface area contributed by atoms with Crippen LogP contribution in [-0.4, -0.2) is 19.6 Å². The lowest BCUT2D eigenvalue weighted by atomic mass is 10.2. The summed E-state index contributed by atoms with van der Waals surface area (Å²) in [4.78, 5) is 11.0. The molecule has 0 fully saturated rings. The summed E-state index contributed by atoms with van der Waals surface area (Å²) in [6, 6.07) is 3.72. The molecule has 0 radical (unpaired) electrons. The van der Waals surface area contributed by atoms with E-state index in [0.29, 0.717) is 13.1 Å². The molecule has 0 saturated carbocycles. The first-order chi connectivity index (χ1) is 6.74. The van der Waals surface area contributed by atoms with Crippen molar-refractivity contribution in [2.24, 2.45) is 5.92 Å². The quantitative estimate of drug-likeness (QED) is 0.720. The Morgan fingerprint density at radius 2 is 2.50 bits per heavy atom. The zero-order chi connectivity index (χ0) is 10.4. The highest BCUT2D eigenvalue weighted by molar-refractivity contribution is 5.71. The Bertz CT molecular complexity index is 269. The molecular weight excluding hydrogens is 182 g/mol. The fourth-order valence-corrected chi connectivity index (χ4v) is 1.11. The van der Waals surface area contributed by atoms with E-state index in [1.165, 1.54) is 7.11 Å². The lowest BCUT2D eigenvalue weighted by Gasteiger charge is -2.08. The molecule has 0 aliphatic rings. The number of rotatable bonds is 5. The molecule has 1 rings (SSSR count). The zero-order valence-electron chi connectivity index (χ0n) is 8.45. The van der Waals surface area contributed by atoms with Crippen molar-refractivity contribution in [3.05, 3.63) is 24.2 Å². The summed E-state index contributed by atoms with van der Waals surface area (Å²) in [5.74, 6) is 0.536. The summed E-state index contributed by atoms with van der Waals surface area (Å²) in [6.07, 6.45) is 1.63. The lowest BCUT2D eigenvalue weighted by molar-refractivity contribution is -0.144. The van der Waals surface area contributed by atoms with Crippen LogP contribution in [0.25, 0.3) is 0 Å². The van der Waals surface area contributed by atoms with E-state index in [1.54, 1.807) is 6.26 Å². The van der Waals surface area contributed by atoms with Gasteiger partial charge in [-0.3, -0.25) is 4.79 Å². The van der Waals surface area contributed by atoms with Gasteiger partial charge in [0.2, 0.25) is 0 Å². The maximum absolute atomic E-state index is 11.0. The first kappa shape index (κ1) is 10.8. The van der Waals surface area contributed by atoms with Gasteiger partial charge in [0.15, 0.2) is 0 Å². The molecule has 0 aromatic carbocycles. The number of carbonyl (C=O) groups is 1. The normalized spacial score (nSPS) is 12.4. The molecule has 0 spiro atoms. The summed E-state index contributed by atoms with van der Waals surface area (Å²) < 4.78 is 9.72. The second kappa shape index (κ2) is 5.44. The number of hydrogen-bond donors (Lipinski definition) is 1. The van der Waals surface area contributed by atoms with Crippen molar-refractivity contribution in [2.75, 3.05) is 13.7 Å². The molecule has 0 aliphatic carbocycles. The van der Waals surface area contributed by atoms with Crippen LogP contribution < -0.4 is 5.32 Å². The molecule has 1 heterocycles. The summed E-state index contributed by atoms with van der Waals surface area (Å²) in [5, 5.41) is 3.11. The second-order valence-electron chi connectivity index (χ2n) is 3.13. The number of nitrogens with one attached hydrogen (secondary N) is 1. The average molecular weight is 197 g/mol. The molecule has 1 N–H and O–H groups in total. The van der Waals surface area contributed by atoms with E-state index in [1.807, 2.05) is 19.1 Å². The maximum atomic E-state index is 11.0. The van der Waals surface area contributed by atoms with Crippen LogP contribution in [0, 0.1) is 5.92 Å². The van der Waals surface area contributed by atoms with Gasteiger partial charge in [-0.05, 0) is 12.1 Å². The van der Waals surface area contributed by atoms with Gasteiger partial charge in [-0.25, -0.2) is 0 Å². The molecule has 1 aromatic heterocycles. The first-order valence-corrected chi connectivity index (χ1v) is 4.55. The summed E-state index contributed by atoms with van der Waals surface area (Å²) >= 11 is 0. The number of esters is 1. The van der Waals surface area contributed by atoms with E-state index < -0.39 is 0 Å². The number of ether oxygens (including phenoxy) is 1. The van der Waals surface area contributed by atoms with E-state index in [0.717, 1.165) is 5.76 Å². The highest BCUT2D eigenvalue weighted by Gasteiger charge is 2.11. The Kier molecular flexibility index (Phi) is 4.19. The van der Waals surface area contributed by atoms with E-state index in [2.05, 4.69) is 10.1 Å². The molecule has 0 saturated heterocycles. The van der Waals surface area contributed by atoms with E-state index in [4.69, 9.17) is 4.42 Å². The third-order valence-corrected chi connectivity index (χ3v) is 1.93. The predicted octanol–water partition coefficient (Wildman–Crippen LogP) is 1.18. The summed E-state index contributed by atoms with van der Waals surface area (Å²) in [5.41, 5.74) is 0. The van der Waals surface area contributed by atoms with Gasteiger partial charge in [-0.2, -0.15) is 0 Å². The Morgan fingerprint density at radius 1 is 1.71 bits per heavy atom. The van der Waals surface area contributed by atoms with Crippen LogP contribution in [0.15, 0.2) is 22.8 Å². The standard InChI is InChI=1S/C10H15NO3/c1-8(10(12)13-2)6-11-7-9-4-3-5-14-9/h3-5,8,11H,6-7H2,1-2H3. The van der Waals surface area contributed by atoms with Gasteiger partial charge >= 0.3 is 5.97 Å². The lowest BCUT2D eigenvalue weighted by Crippen LogP contribution is -2.26. The zero-order valence-corrected chi connectivity index (χ0v) is 8.45. The minimum atomic E-state index is -0.197. The van der Waals surface area contributed by atoms with Gasteiger partial charge in [-0.1, -0.05) is 6.92 Å². The molecule has 14 heavy (non-hydrogen) atoms. The van der Waals surface area contributed by atoms with E-state index in [9.17, 15) is 4.79 Å². The van der Waals surface area contributed by atoms with Gasteiger partial charge in [0.25, 0.3) is 0 Å². The highest BCUT2D eigenvalue weighted by atomic mass is 16.5. The number of carbonyl (C=O) groups excluding carboxylic acids is 1. The molecule has 0 bridgehead atoms. The van der Waals surface area contributed by atoms with Crippen molar-refractivity contribution in [3.8, 4) is 0 Å². The van der Waals surface area contributed by atoms with Gasteiger partial charge < -0.3 is 14.5 Å². The van der Waals surface area contributed by atoms with Crippen LogP contribution in [0.4, 0.5) is 0 Å². The third-order valence-electron chi connectivity index (χ3n) is 1.93. The monoisotopic (exact) mass is 197 g/mol. The van der Waals surface area contributed by atoms with E-state index >= 15 is 0 Å². The smallest absolute Gasteiger partial charge is 0.309 e. The number of furan rings is 1. The third kappa shape index (κ3) is 3.22. The first-order valence-electron chi connectivity index (χ1n) is 4.55. The Morgan fingerprint density at radius 3 is 3.07 bits per heavy atom. The molecule has 1 unspecified atom stereocenters. The fourth-order valence-electron chi connectivity index (χ4n) is 1.11. The summed E-state index contributed by atoms with van der Waals surface area (Å²) in [6.45, 7) is 3.04. The van der Waals surface area contributed by atoms with Crippen LogP contribution in [-0.2, 0) is 16.1 Å². The number of methoxy groups -OCH3 is 1. The largest absolute Gasteiger partial charge is 0.469 e. The van der Waals surface area contributed by atoms with Crippen LogP contribution in [0.3, 0.4) is 0 Å². The highest BCUT2D eigenvalue weighted by Crippen LogP contribution is 2.00. The fraction of sp³-hybridized carbons (Fsp3) is 0.500. The average Bonchev–Trinajstić information content (AvgIpc) is 2.69. The minimum Gasteiger partial charge on any atom is -0.469 e. The molecule has 1 atom stereocenters. The SMILES string of the molecule is COC(=O)C(C)CNCc1ccco1. The molecule has 1 aromatic rings. The maximum Gasteiger partial charge on any atom is 0.309 e. The van der Waals surface area contributed by atoms with Gasteiger partial charge in [0.1, 0.15) is 5.76 Å².